The van der Waals surface area contributed by atoms with E-state index in [0.717, 1.165) is 5.56 Å². The van der Waals surface area contributed by atoms with E-state index in [-0.39, 0.29) is 29.3 Å². The molecule has 0 aromatic heterocycles. The molecule has 0 saturated heterocycles. The molecule has 0 spiro atoms. The Morgan fingerprint density at radius 2 is 1.24 bits per heavy atom. The number of rotatable bonds is 4. The summed E-state index contributed by atoms with van der Waals surface area (Å²) in [6.45, 7) is 4.36. The van der Waals surface area contributed by atoms with Gasteiger partial charge in [0.05, 0.1) is 11.5 Å². The Labute approximate surface area is 172 Å². The molecule has 3 aromatic rings. The van der Waals surface area contributed by atoms with Crippen LogP contribution in [-0.2, 0) is 14.3 Å². The second-order valence-corrected chi connectivity index (χ2v) is 9.90. The molecule has 0 fully saturated rings. The summed E-state index contributed by atoms with van der Waals surface area (Å²) in [7, 11) is -3.77. The van der Waals surface area contributed by atoms with Gasteiger partial charge >= 0.3 is 0 Å². The van der Waals surface area contributed by atoms with Crippen molar-refractivity contribution < 1.29 is 12.6 Å². The lowest BCUT2D eigenvalue weighted by Gasteiger charge is -2.49. The van der Waals surface area contributed by atoms with E-state index in [0.29, 0.717) is 5.92 Å². The normalized spacial score (nSPS) is 24.8. The maximum Gasteiger partial charge on any atom is 0.296 e. The van der Waals surface area contributed by atoms with Crippen LogP contribution in [0.3, 0.4) is 0 Å². The maximum absolute atomic E-state index is 12.8. The largest absolute Gasteiger partial charge is 0.296 e. The SMILES string of the molecule is Cc1ccc(S(=O)(=O)OC[C@@H]2C3c4ccccc4C(c4ccccc43)[C@@H]2C)cc1. The van der Waals surface area contributed by atoms with Gasteiger partial charge in [0, 0.05) is 11.8 Å². The molecule has 3 aliphatic rings. The topological polar surface area (TPSA) is 43.4 Å². The van der Waals surface area contributed by atoms with E-state index >= 15 is 0 Å². The van der Waals surface area contributed by atoms with Gasteiger partial charge in [-0.1, -0.05) is 73.2 Å². The van der Waals surface area contributed by atoms with Crippen LogP contribution in [0.25, 0.3) is 0 Å². The molecule has 2 bridgehead atoms. The summed E-state index contributed by atoms with van der Waals surface area (Å²) in [4.78, 5) is 0.220. The second kappa shape index (κ2) is 6.82. The van der Waals surface area contributed by atoms with Gasteiger partial charge in [-0.15, -0.1) is 0 Å². The van der Waals surface area contributed by atoms with Crippen molar-refractivity contribution in [1.29, 1.82) is 0 Å². The Morgan fingerprint density at radius 3 is 1.76 bits per heavy atom. The number of fused-ring (bicyclic) bond motifs is 1. The first kappa shape index (κ1) is 18.6. The van der Waals surface area contributed by atoms with Crippen LogP contribution in [0.5, 0.6) is 0 Å². The van der Waals surface area contributed by atoms with Gasteiger partial charge in [-0.2, -0.15) is 8.42 Å². The molecule has 0 saturated carbocycles. The summed E-state index contributed by atoms with van der Waals surface area (Å²) >= 11 is 0. The highest BCUT2D eigenvalue weighted by Crippen LogP contribution is 2.58. The average molecular weight is 405 g/mol. The third-order valence-corrected chi connectivity index (χ3v) is 7.98. The standard InChI is InChI=1S/C25H24O3S/c1-16-11-13-18(14-12-16)29(26,27)28-15-23-17(2)24-19-7-3-5-9-21(19)25(23)22-10-6-4-8-20(22)24/h3-14,17,23-25H,15H2,1-2H3/t17-,23+,24?,25?/m1/s1. The molecule has 3 aromatic carbocycles. The minimum Gasteiger partial charge on any atom is -0.266 e. The minimum atomic E-state index is -3.77. The van der Waals surface area contributed by atoms with Crippen molar-refractivity contribution in [2.24, 2.45) is 11.8 Å². The molecule has 0 unspecified atom stereocenters. The molecular weight excluding hydrogens is 380 g/mol. The van der Waals surface area contributed by atoms with Crippen LogP contribution < -0.4 is 0 Å². The number of hydrogen-bond donors (Lipinski definition) is 0. The fourth-order valence-electron chi connectivity index (χ4n) is 5.26. The third-order valence-electron chi connectivity index (χ3n) is 6.69. The summed E-state index contributed by atoms with van der Waals surface area (Å²) < 4.78 is 31.2. The van der Waals surface area contributed by atoms with E-state index in [1.54, 1.807) is 24.3 Å². The highest BCUT2D eigenvalue weighted by atomic mass is 32.2. The fourth-order valence-corrected chi connectivity index (χ4v) is 6.20. The molecule has 3 aliphatic carbocycles. The van der Waals surface area contributed by atoms with Crippen molar-refractivity contribution in [3.8, 4) is 0 Å². The Morgan fingerprint density at radius 1 is 0.759 bits per heavy atom. The maximum atomic E-state index is 12.8. The van der Waals surface area contributed by atoms with E-state index < -0.39 is 10.1 Å². The molecule has 2 atom stereocenters. The Balaban J connectivity index is 1.50. The summed E-state index contributed by atoms with van der Waals surface area (Å²) in [5.74, 6) is 0.863. The van der Waals surface area contributed by atoms with Crippen LogP contribution in [-0.4, -0.2) is 15.0 Å². The number of hydrogen-bond acceptors (Lipinski definition) is 3. The monoisotopic (exact) mass is 404 g/mol. The molecule has 6 rings (SSSR count). The highest BCUT2D eigenvalue weighted by molar-refractivity contribution is 7.86. The van der Waals surface area contributed by atoms with Gasteiger partial charge in [0.1, 0.15) is 0 Å². The lowest BCUT2D eigenvalue weighted by Crippen LogP contribution is -2.41. The van der Waals surface area contributed by atoms with Crippen molar-refractivity contribution in [1.82, 2.24) is 0 Å². The van der Waals surface area contributed by atoms with Gasteiger partial charge in [0.2, 0.25) is 0 Å². The predicted octanol–water partition coefficient (Wildman–Crippen LogP) is 5.24. The number of aryl methyl sites for hydroxylation is 1. The van der Waals surface area contributed by atoms with E-state index in [4.69, 9.17) is 4.18 Å². The summed E-state index contributed by atoms with van der Waals surface area (Å²) in [6.07, 6.45) is 0. The van der Waals surface area contributed by atoms with Gasteiger partial charge in [-0.05, 0) is 53.1 Å². The van der Waals surface area contributed by atoms with E-state index in [1.165, 1.54) is 22.3 Å². The zero-order valence-corrected chi connectivity index (χ0v) is 17.4. The van der Waals surface area contributed by atoms with Gasteiger partial charge in [-0.25, -0.2) is 0 Å². The average Bonchev–Trinajstić information content (AvgIpc) is 2.73. The molecule has 4 heteroatoms. The molecule has 0 heterocycles. The fraction of sp³-hybridized carbons (Fsp3) is 0.280. The molecule has 0 N–H and O–H groups in total. The number of benzene rings is 3. The second-order valence-electron chi connectivity index (χ2n) is 8.29. The first-order valence-electron chi connectivity index (χ1n) is 10.1. The summed E-state index contributed by atoms with van der Waals surface area (Å²) in [5, 5.41) is 0. The first-order valence-corrected chi connectivity index (χ1v) is 11.5. The van der Waals surface area contributed by atoms with Crippen molar-refractivity contribution >= 4 is 10.1 Å². The smallest absolute Gasteiger partial charge is 0.266 e. The van der Waals surface area contributed by atoms with Gasteiger partial charge < -0.3 is 0 Å². The van der Waals surface area contributed by atoms with E-state index in [9.17, 15) is 8.42 Å². The molecule has 3 nitrogen and oxygen atoms in total. The van der Waals surface area contributed by atoms with Crippen molar-refractivity contribution in [2.45, 2.75) is 30.6 Å². The van der Waals surface area contributed by atoms with Crippen molar-refractivity contribution in [3.05, 3.63) is 101 Å². The highest BCUT2D eigenvalue weighted by Gasteiger charge is 2.48. The first-order chi connectivity index (χ1) is 14.0. The van der Waals surface area contributed by atoms with Gasteiger partial charge in [-0.3, -0.25) is 4.18 Å². The summed E-state index contributed by atoms with van der Waals surface area (Å²) in [6, 6.07) is 24.0. The minimum absolute atomic E-state index is 0.116. The Bertz CT molecular complexity index is 1120. The lowest BCUT2D eigenvalue weighted by atomic mass is 9.55. The zero-order chi connectivity index (χ0) is 20.2. The molecule has 0 amide bonds. The quantitative estimate of drug-likeness (QED) is 0.558. The molecular formula is C25H24O3S. The van der Waals surface area contributed by atoms with Crippen LogP contribution in [0.4, 0.5) is 0 Å². The van der Waals surface area contributed by atoms with Crippen LogP contribution in [0.1, 0.15) is 46.6 Å². The van der Waals surface area contributed by atoms with Crippen LogP contribution in [0, 0.1) is 18.8 Å². The Hall–Kier alpha value is -2.43. The van der Waals surface area contributed by atoms with Crippen LogP contribution >= 0.6 is 0 Å². The van der Waals surface area contributed by atoms with Crippen molar-refractivity contribution in [3.63, 3.8) is 0 Å². The van der Waals surface area contributed by atoms with Crippen LogP contribution in [0.15, 0.2) is 77.7 Å². The molecule has 0 radical (unpaired) electrons. The van der Waals surface area contributed by atoms with Gasteiger partial charge in [0.25, 0.3) is 10.1 Å². The molecule has 148 valence electrons. The third kappa shape index (κ3) is 2.93. The van der Waals surface area contributed by atoms with E-state index in [1.807, 2.05) is 6.92 Å². The molecule has 0 aliphatic heterocycles. The summed E-state index contributed by atoms with van der Waals surface area (Å²) in [5.41, 5.74) is 6.41. The molecule has 29 heavy (non-hydrogen) atoms. The predicted molar refractivity (Wildman–Crippen MR) is 114 cm³/mol. The van der Waals surface area contributed by atoms with E-state index in [2.05, 4.69) is 55.5 Å². The zero-order valence-electron chi connectivity index (χ0n) is 16.6. The lowest BCUT2D eigenvalue weighted by molar-refractivity contribution is 0.157. The van der Waals surface area contributed by atoms with Crippen molar-refractivity contribution in [2.75, 3.05) is 6.61 Å². The van der Waals surface area contributed by atoms with Gasteiger partial charge in [0.15, 0.2) is 0 Å². The van der Waals surface area contributed by atoms with Crippen LogP contribution in [0.2, 0.25) is 0 Å². The Kier molecular flexibility index (Phi) is 4.37.